The van der Waals surface area contributed by atoms with Crippen LogP contribution in [-0.2, 0) is 20.9 Å². The number of anilines is 1. The maximum absolute atomic E-state index is 13.9. The molecule has 0 saturated carbocycles. The third kappa shape index (κ3) is 14.2. The number of aliphatic hydroxyl groups is 6. The zero-order valence-corrected chi connectivity index (χ0v) is 34.3. The molecule has 1 aliphatic heterocycles. The van der Waals surface area contributed by atoms with E-state index in [1.807, 2.05) is 48.5 Å². The molecule has 1 saturated heterocycles. The van der Waals surface area contributed by atoms with Gasteiger partial charge in [-0.1, -0.05) is 81.9 Å². The van der Waals surface area contributed by atoms with Gasteiger partial charge in [-0.3, -0.25) is 14.4 Å². The third-order valence-corrected chi connectivity index (χ3v) is 11.3. The molecule has 2 aliphatic rings. The summed E-state index contributed by atoms with van der Waals surface area (Å²) in [5.74, 6) is -0.266. The Morgan fingerprint density at radius 3 is 1.97 bits per heavy atom. The van der Waals surface area contributed by atoms with Crippen molar-refractivity contribution in [2.45, 2.75) is 133 Å². The van der Waals surface area contributed by atoms with Gasteiger partial charge in [0.05, 0.1) is 37.9 Å². The average Bonchev–Trinajstić information content (AvgIpc) is 3.24. The SMILES string of the molecule is COc1ccc([C@@H]2[C@@H](CC[C@H](O)C3=CC(C)C(F)C=C3)C(=O)N2c2ccc(CNC(=O)CCCCCCCCCCC(=O)NC[C@H](O)[C@@H](O)[C@H](O)[C@H](O)CO)cc2)cc1. The van der Waals surface area contributed by atoms with Crippen LogP contribution in [0, 0.1) is 11.8 Å². The first-order valence-corrected chi connectivity index (χ1v) is 21.0. The van der Waals surface area contributed by atoms with Crippen molar-refractivity contribution in [1.82, 2.24) is 10.6 Å². The van der Waals surface area contributed by atoms with Gasteiger partial charge in [0.25, 0.3) is 0 Å². The third-order valence-electron chi connectivity index (χ3n) is 11.3. The van der Waals surface area contributed by atoms with Gasteiger partial charge < -0.3 is 50.9 Å². The Morgan fingerprint density at radius 1 is 0.814 bits per heavy atom. The van der Waals surface area contributed by atoms with E-state index in [4.69, 9.17) is 9.84 Å². The molecular formula is C45H64FN3O10. The highest BCUT2D eigenvalue weighted by atomic mass is 19.1. The molecule has 0 aromatic heterocycles. The van der Waals surface area contributed by atoms with Gasteiger partial charge in [0.1, 0.15) is 30.2 Å². The number of aliphatic hydroxyl groups excluding tert-OH is 6. The van der Waals surface area contributed by atoms with Crippen molar-refractivity contribution in [2.24, 2.45) is 11.8 Å². The maximum atomic E-state index is 13.9. The van der Waals surface area contributed by atoms with E-state index in [2.05, 4.69) is 10.6 Å². The summed E-state index contributed by atoms with van der Waals surface area (Å²) in [5, 5.41) is 64.0. The summed E-state index contributed by atoms with van der Waals surface area (Å²) in [6.45, 7) is 1.10. The topological polar surface area (TPSA) is 209 Å². The number of rotatable bonds is 26. The standard InChI is InChI=1S/C45H64FN3O10/c1-29-25-32(17-23-36(29)46)37(51)24-22-35-42(31-15-20-34(59-2)21-16-31)49(45(35)58)33-18-13-30(14-19-33)26-47-40(54)11-9-7-5-3-4-6-8-10-12-41(55)48-27-38(52)43(56)44(57)39(53)28-50/h13-21,23,25,29,35-39,42-44,50-53,56-57H,3-12,22,24,26-28H2,1-2H3,(H,47,54)(H,48,55)/t29?,35-,36?,37+,38+,39-,42-,43-,44-/m1/s1. The fourth-order valence-electron chi connectivity index (χ4n) is 7.54. The molecule has 9 atom stereocenters. The molecule has 14 heteroatoms. The monoisotopic (exact) mass is 825 g/mol. The molecule has 0 radical (unpaired) electrons. The summed E-state index contributed by atoms with van der Waals surface area (Å²) in [4.78, 5) is 40.0. The Morgan fingerprint density at radius 2 is 1.39 bits per heavy atom. The number of carbonyl (C=O) groups excluding carboxylic acids is 3. The van der Waals surface area contributed by atoms with Gasteiger partial charge in [-0.25, -0.2) is 4.39 Å². The molecule has 2 aromatic rings. The number of hydrogen-bond acceptors (Lipinski definition) is 10. The summed E-state index contributed by atoms with van der Waals surface area (Å²) < 4.78 is 19.3. The molecule has 0 spiro atoms. The van der Waals surface area contributed by atoms with Gasteiger partial charge in [0.15, 0.2) is 0 Å². The largest absolute Gasteiger partial charge is 0.497 e. The van der Waals surface area contributed by atoms with E-state index in [9.17, 15) is 44.3 Å². The second-order valence-electron chi connectivity index (χ2n) is 15.8. The van der Waals surface area contributed by atoms with Crippen molar-refractivity contribution >= 4 is 23.4 Å². The highest BCUT2D eigenvalue weighted by molar-refractivity contribution is 6.03. The van der Waals surface area contributed by atoms with Crippen molar-refractivity contribution < 1.29 is 54.2 Å². The molecule has 1 aliphatic carbocycles. The molecule has 8 N–H and O–H groups in total. The molecule has 3 amide bonds. The van der Waals surface area contributed by atoms with Gasteiger partial charge in [0, 0.05) is 37.5 Å². The van der Waals surface area contributed by atoms with Gasteiger partial charge in [-0.05, 0) is 72.7 Å². The minimum atomic E-state index is -1.73. The van der Waals surface area contributed by atoms with Crippen LogP contribution in [0.2, 0.25) is 0 Å². The summed E-state index contributed by atoms with van der Waals surface area (Å²) in [6.07, 6.45) is 5.34. The number of benzene rings is 2. The summed E-state index contributed by atoms with van der Waals surface area (Å²) in [5.41, 5.74) is 3.30. The van der Waals surface area contributed by atoms with E-state index in [0.29, 0.717) is 43.6 Å². The van der Waals surface area contributed by atoms with Crippen LogP contribution in [0.3, 0.4) is 0 Å². The number of methoxy groups -OCH3 is 1. The minimum Gasteiger partial charge on any atom is -0.497 e. The Bertz CT molecular complexity index is 1670. The highest BCUT2D eigenvalue weighted by Crippen LogP contribution is 2.46. The first kappa shape index (κ1) is 47.5. The number of ether oxygens (including phenoxy) is 1. The Balaban J connectivity index is 1.11. The lowest BCUT2D eigenvalue weighted by atomic mass is 9.78. The van der Waals surface area contributed by atoms with Crippen LogP contribution in [0.4, 0.5) is 10.1 Å². The van der Waals surface area contributed by atoms with Gasteiger partial charge in [-0.2, -0.15) is 0 Å². The normalized spacial score (nSPS) is 21.5. The predicted octanol–water partition coefficient (Wildman–Crippen LogP) is 4.08. The second-order valence-corrected chi connectivity index (χ2v) is 15.8. The molecule has 1 fully saturated rings. The maximum Gasteiger partial charge on any atom is 0.233 e. The number of alkyl halides is 1. The van der Waals surface area contributed by atoms with Crippen LogP contribution in [0.15, 0.2) is 72.3 Å². The number of unbranched alkanes of at least 4 members (excludes halogenated alkanes) is 7. The Kier molecular flexibility index (Phi) is 19.5. The molecule has 13 nitrogen and oxygen atoms in total. The van der Waals surface area contributed by atoms with E-state index < -0.39 is 43.3 Å². The van der Waals surface area contributed by atoms with Crippen molar-refractivity contribution in [3.8, 4) is 5.75 Å². The van der Waals surface area contributed by atoms with E-state index in [1.165, 1.54) is 6.08 Å². The Hall–Kier alpha value is -4.18. The fourth-order valence-corrected chi connectivity index (χ4v) is 7.54. The number of allylic oxidation sites excluding steroid dienone is 2. The van der Waals surface area contributed by atoms with Crippen LogP contribution in [0.25, 0.3) is 0 Å². The van der Waals surface area contributed by atoms with Crippen molar-refractivity contribution in [2.75, 3.05) is 25.2 Å². The molecule has 59 heavy (non-hydrogen) atoms. The van der Waals surface area contributed by atoms with E-state index in [-0.39, 0.29) is 48.6 Å². The van der Waals surface area contributed by atoms with Crippen LogP contribution in [0.5, 0.6) is 5.75 Å². The number of nitrogens with zero attached hydrogens (tertiary/aromatic N) is 1. The van der Waals surface area contributed by atoms with Gasteiger partial charge in [-0.15, -0.1) is 0 Å². The van der Waals surface area contributed by atoms with E-state index in [0.717, 1.165) is 61.8 Å². The lowest BCUT2D eigenvalue weighted by Gasteiger charge is -2.48. The van der Waals surface area contributed by atoms with Crippen LogP contribution in [-0.4, -0.2) is 105 Å². The number of nitrogens with one attached hydrogen (secondary N) is 2. The molecule has 326 valence electrons. The first-order chi connectivity index (χ1) is 28.3. The number of hydrogen-bond donors (Lipinski definition) is 8. The first-order valence-electron chi connectivity index (χ1n) is 21.0. The van der Waals surface area contributed by atoms with Crippen molar-refractivity contribution in [1.29, 1.82) is 0 Å². The molecule has 4 rings (SSSR count). The average molecular weight is 826 g/mol. The Labute approximate surface area is 347 Å². The zero-order valence-electron chi connectivity index (χ0n) is 34.3. The van der Waals surface area contributed by atoms with Gasteiger partial charge >= 0.3 is 0 Å². The van der Waals surface area contributed by atoms with Crippen molar-refractivity contribution in [3.63, 3.8) is 0 Å². The fraction of sp³-hybridized carbons (Fsp3) is 0.578. The smallest absolute Gasteiger partial charge is 0.233 e. The predicted molar refractivity (Wildman–Crippen MR) is 222 cm³/mol. The number of halogens is 1. The van der Waals surface area contributed by atoms with Crippen LogP contribution >= 0.6 is 0 Å². The summed E-state index contributed by atoms with van der Waals surface area (Å²) in [7, 11) is 1.60. The molecular weight excluding hydrogens is 762 g/mol. The summed E-state index contributed by atoms with van der Waals surface area (Å²) >= 11 is 0. The number of carbonyl (C=O) groups is 3. The van der Waals surface area contributed by atoms with Gasteiger partial charge in [0.2, 0.25) is 17.7 Å². The van der Waals surface area contributed by atoms with Crippen LogP contribution < -0.4 is 20.3 Å². The lowest BCUT2D eigenvalue weighted by Crippen LogP contribution is -2.55. The number of β-lactam (4-membered cyclic amide) rings is 1. The molecule has 2 aromatic carbocycles. The molecule has 2 unspecified atom stereocenters. The van der Waals surface area contributed by atoms with E-state index >= 15 is 0 Å². The summed E-state index contributed by atoms with van der Waals surface area (Å²) in [6, 6.07) is 15.0. The van der Waals surface area contributed by atoms with E-state index in [1.54, 1.807) is 31.1 Å². The second kappa shape index (κ2) is 24.2. The highest BCUT2D eigenvalue weighted by Gasteiger charge is 2.48. The lowest BCUT2D eigenvalue weighted by molar-refractivity contribution is -0.131. The van der Waals surface area contributed by atoms with Crippen LogP contribution in [0.1, 0.15) is 101 Å². The number of amides is 3. The quantitative estimate of drug-likeness (QED) is 0.0504. The molecule has 0 bridgehead atoms. The minimum absolute atomic E-state index is 0.0192. The van der Waals surface area contributed by atoms with Crippen molar-refractivity contribution in [3.05, 3.63) is 83.5 Å². The molecule has 1 heterocycles. The zero-order chi connectivity index (χ0) is 42.9.